The number of anilines is 2. The van der Waals surface area contributed by atoms with E-state index in [0.29, 0.717) is 23.1 Å². The smallest absolute Gasteiger partial charge is 0.305 e. The third-order valence-electron chi connectivity index (χ3n) is 6.34. The van der Waals surface area contributed by atoms with Crippen LogP contribution in [0.2, 0.25) is 0 Å². The first-order chi connectivity index (χ1) is 20.5. The van der Waals surface area contributed by atoms with E-state index in [-0.39, 0.29) is 37.4 Å². The van der Waals surface area contributed by atoms with Crippen LogP contribution in [-0.4, -0.2) is 56.5 Å². The number of carbonyl (C=O) groups is 3. The molecule has 0 saturated carbocycles. The zero-order valence-electron chi connectivity index (χ0n) is 23.1. The van der Waals surface area contributed by atoms with Crippen molar-refractivity contribution in [3.63, 3.8) is 0 Å². The van der Waals surface area contributed by atoms with E-state index in [4.69, 9.17) is 4.74 Å². The average molecular weight is 609 g/mol. The van der Waals surface area contributed by atoms with Crippen molar-refractivity contribution in [1.82, 2.24) is 20.4 Å². The second-order valence-electron chi connectivity index (χ2n) is 9.33. The molecular weight excluding hydrogens is 576 g/mol. The quantitative estimate of drug-likeness (QED) is 0.132. The molecule has 4 rings (SSSR count). The number of aliphatic hydroxyl groups is 1. The highest BCUT2D eigenvalue weighted by Crippen LogP contribution is 2.24. The molecule has 2 amide bonds. The summed E-state index contributed by atoms with van der Waals surface area (Å²) in [6.07, 6.45) is 3.25. The highest BCUT2D eigenvalue weighted by atomic mass is 32.1. The van der Waals surface area contributed by atoms with Gasteiger partial charge >= 0.3 is 5.97 Å². The Hall–Kier alpha value is -4.07. The molecule has 0 bridgehead atoms. The minimum atomic E-state index is -0.678. The molecule has 0 aliphatic heterocycles. The Morgan fingerprint density at radius 1 is 0.762 bits per heavy atom. The van der Waals surface area contributed by atoms with Crippen LogP contribution in [0.4, 0.5) is 10.3 Å². The molecule has 0 spiro atoms. The van der Waals surface area contributed by atoms with Crippen LogP contribution < -0.4 is 10.6 Å². The summed E-state index contributed by atoms with van der Waals surface area (Å²) in [5, 5.41) is 34.2. The van der Waals surface area contributed by atoms with Crippen LogP contribution in [0.1, 0.15) is 59.2 Å². The third-order valence-corrected chi connectivity index (χ3v) is 8.14. The van der Waals surface area contributed by atoms with Gasteiger partial charge in [0.05, 0.1) is 18.4 Å². The van der Waals surface area contributed by atoms with Gasteiger partial charge in [-0.3, -0.25) is 25.0 Å². The van der Waals surface area contributed by atoms with Crippen LogP contribution in [0.15, 0.2) is 60.7 Å². The van der Waals surface area contributed by atoms with E-state index in [1.807, 2.05) is 48.5 Å². The topological polar surface area (TPSA) is 156 Å². The lowest BCUT2D eigenvalue weighted by Gasteiger charge is -2.16. The lowest BCUT2D eigenvalue weighted by molar-refractivity contribution is -0.144. The number of amides is 2. The van der Waals surface area contributed by atoms with Crippen molar-refractivity contribution < 1.29 is 24.2 Å². The van der Waals surface area contributed by atoms with E-state index in [0.717, 1.165) is 34.0 Å². The predicted octanol–water partition coefficient (Wildman–Crippen LogP) is 4.35. The van der Waals surface area contributed by atoms with E-state index in [1.54, 1.807) is 19.1 Å². The van der Waals surface area contributed by atoms with E-state index < -0.39 is 11.8 Å². The maximum atomic E-state index is 13.0. The van der Waals surface area contributed by atoms with Gasteiger partial charge in [0.15, 0.2) is 0 Å². The van der Waals surface area contributed by atoms with Gasteiger partial charge in [-0.25, -0.2) is 0 Å². The van der Waals surface area contributed by atoms with Gasteiger partial charge in [-0.2, -0.15) is 0 Å². The van der Waals surface area contributed by atoms with Crippen LogP contribution in [0.25, 0.3) is 0 Å². The molecule has 220 valence electrons. The van der Waals surface area contributed by atoms with Gasteiger partial charge in [-0.05, 0) is 24.0 Å². The summed E-state index contributed by atoms with van der Waals surface area (Å²) >= 11 is 2.62. The van der Waals surface area contributed by atoms with Crippen LogP contribution in [-0.2, 0) is 32.0 Å². The molecule has 11 nitrogen and oxygen atoms in total. The van der Waals surface area contributed by atoms with Crippen LogP contribution in [0.5, 0.6) is 0 Å². The van der Waals surface area contributed by atoms with Crippen molar-refractivity contribution in [2.75, 3.05) is 23.8 Å². The van der Waals surface area contributed by atoms with Crippen LogP contribution >= 0.6 is 22.7 Å². The van der Waals surface area contributed by atoms with Gasteiger partial charge in [-0.15, -0.1) is 20.4 Å². The Balaban J connectivity index is 1.23. The van der Waals surface area contributed by atoms with Gasteiger partial charge in [0, 0.05) is 19.3 Å². The van der Waals surface area contributed by atoms with E-state index in [9.17, 15) is 19.5 Å². The van der Waals surface area contributed by atoms with Crippen LogP contribution in [0, 0.1) is 0 Å². The predicted molar refractivity (Wildman–Crippen MR) is 160 cm³/mol. The zero-order chi connectivity index (χ0) is 29.7. The van der Waals surface area contributed by atoms with Crippen LogP contribution in [0.3, 0.4) is 0 Å². The average Bonchev–Trinajstić information content (AvgIpc) is 3.65. The number of esters is 1. The summed E-state index contributed by atoms with van der Waals surface area (Å²) in [4.78, 5) is 37.3. The Morgan fingerprint density at radius 3 is 1.71 bits per heavy atom. The van der Waals surface area contributed by atoms with Crippen molar-refractivity contribution >= 4 is 50.7 Å². The molecule has 0 aliphatic rings. The molecule has 2 unspecified atom stereocenters. The van der Waals surface area contributed by atoms with Crippen molar-refractivity contribution in [3.05, 3.63) is 81.8 Å². The number of ether oxygens (including phenoxy) is 1. The SMILES string of the molecule is CCC(=O)OCC(C(=O)Nc1nnc(CCCCc2nnc(NC(=O)C(CO)c3ccccc3)s2)s1)c1ccccc1. The Morgan fingerprint density at radius 2 is 1.24 bits per heavy atom. The minimum Gasteiger partial charge on any atom is -0.464 e. The minimum absolute atomic E-state index is 0.0553. The molecule has 0 radical (unpaired) electrons. The number of aliphatic hydroxyl groups excluding tert-OH is 1. The Labute approximate surface area is 251 Å². The molecule has 0 aliphatic carbocycles. The number of hydrogen-bond donors (Lipinski definition) is 3. The number of aryl methyl sites for hydroxylation is 2. The molecule has 3 N–H and O–H groups in total. The highest BCUT2D eigenvalue weighted by Gasteiger charge is 2.24. The summed E-state index contributed by atoms with van der Waals surface area (Å²) in [5.74, 6) is -2.36. The zero-order valence-corrected chi connectivity index (χ0v) is 24.7. The lowest BCUT2D eigenvalue weighted by atomic mass is 9.99. The Kier molecular flexibility index (Phi) is 11.6. The number of hydrogen-bond acceptors (Lipinski definition) is 11. The summed E-state index contributed by atoms with van der Waals surface area (Å²) < 4.78 is 5.26. The fraction of sp³-hybridized carbons (Fsp3) is 0.345. The summed E-state index contributed by atoms with van der Waals surface area (Å²) in [7, 11) is 0. The number of aromatic nitrogens is 4. The van der Waals surface area contributed by atoms with Crippen molar-refractivity contribution in [3.8, 4) is 0 Å². The number of nitrogens with zero attached hydrogens (tertiary/aromatic N) is 4. The maximum absolute atomic E-state index is 13.0. The largest absolute Gasteiger partial charge is 0.464 e. The fourth-order valence-corrected chi connectivity index (χ4v) is 5.63. The number of nitrogens with one attached hydrogen (secondary N) is 2. The standard InChI is InChI=1S/C29H32N6O5S2/c1-2-25(37)40-18-22(20-13-7-4-8-14-20)27(39)31-29-35-33-24(42-29)16-10-9-15-23-32-34-28(41-23)30-26(38)21(17-36)19-11-5-3-6-12-19/h3-8,11-14,21-22,36H,2,9-10,15-18H2,1H3,(H,30,34,38)(H,31,35,39). The first kappa shape index (κ1) is 30.9. The molecule has 4 aromatic rings. The van der Waals surface area contributed by atoms with E-state index >= 15 is 0 Å². The molecule has 2 atom stereocenters. The molecule has 0 saturated heterocycles. The molecule has 13 heteroatoms. The fourth-order valence-electron chi connectivity index (χ4n) is 4.06. The maximum Gasteiger partial charge on any atom is 0.305 e. The van der Waals surface area contributed by atoms with Gasteiger partial charge in [0.2, 0.25) is 22.1 Å². The molecule has 42 heavy (non-hydrogen) atoms. The third kappa shape index (κ3) is 8.96. The summed E-state index contributed by atoms with van der Waals surface area (Å²) in [5.41, 5.74) is 1.47. The summed E-state index contributed by atoms with van der Waals surface area (Å²) in [6.45, 7) is 1.34. The number of rotatable bonds is 15. The van der Waals surface area contributed by atoms with Crippen molar-refractivity contribution in [1.29, 1.82) is 0 Å². The van der Waals surface area contributed by atoms with Crippen molar-refractivity contribution in [2.24, 2.45) is 0 Å². The normalized spacial score (nSPS) is 12.3. The van der Waals surface area contributed by atoms with Gasteiger partial charge < -0.3 is 9.84 Å². The van der Waals surface area contributed by atoms with Gasteiger partial charge in [-0.1, -0.05) is 90.3 Å². The highest BCUT2D eigenvalue weighted by molar-refractivity contribution is 7.15. The number of carbonyl (C=O) groups excluding carboxylic acids is 3. The molecule has 0 fully saturated rings. The molecule has 2 aromatic carbocycles. The first-order valence-electron chi connectivity index (χ1n) is 13.6. The van der Waals surface area contributed by atoms with E-state index in [2.05, 4.69) is 31.0 Å². The molecule has 2 aromatic heterocycles. The molecular formula is C29H32N6O5S2. The molecule has 2 heterocycles. The van der Waals surface area contributed by atoms with Crippen molar-refractivity contribution in [2.45, 2.75) is 50.9 Å². The van der Waals surface area contributed by atoms with E-state index in [1.165, 1.54) is 22.7 Å². The number of unbranched alkanes of at least 4 members (excludes halogenated alkanes) is 1. The van der Waals surface area contributed by atoms with Gasteiger partial charge in [0.1, 0.15) is 16.6 Å². The number of benzene rings is 2. The summed E-state index contributed by atoms with van der Waals surface area (Å²) in [6, 6.07) is 18.3. The lowest BCUT2D eigenvalue weighted by Crippen LogP contribution is -2.26. The Bertz CT molecular complexity index is 1450. The monoisotopic (exact) mass is 608 g/mol. The second kappa shape index (κ2) is 15.8. The van der Waals surface area contributed by atoms with Gasteiger partial charge in [0.25, 0.3) is 0 Å². The first-order valence-corrected chi connectivity index (χ1v) is 15.2. The second-order valence-corrected chi connectivity index (χ2v) is 11.5.